The fourth-order valence-electron chi connectivity index (χ4n) is 3.06. The van der Waals surface area contributed by atoms with Crippen molar-refractivity contribution < 1.29 is 4.39 Å². The van der Waals surface area contributed by atoms with Gasteiger partial charge >= 0.3 is 0 Å². The van der Waals surface area contributed by atoms with Crippen LogP contribution in [0.3, 0.4) is 0 Å². The molecule has 1 aliphatic rings. The van der Waals surface area contributed by atoms with E-state index in [-0.39, 0.29) is 11.9 Å². The molecule has 3 heteroatoms. The molecule has 0 spiro atoms. The third-order valence-electron chi connectivity index (χ3n) is 4.53. The summed E-state index contributed by atoms with van der Waals surface area (Å²) in [7, 11) is 0. The standard InChI is InChI=1S/C18H21FN2/c1-12-10-16(19)8-9-17(12)18(21-20)15-7-3-6-14(11-15)13-4-2-5-13/h3,6-11,13,18,21H,2,4-5,20H2,1H3. The van der Waals surface area contributed by atoms with Crippen molar-refractivity contribution in [3.63, 3.8) is 0 Å². The Hall–Kier alpha value is -1.71. The van der Waals surface area contributed by atoms with Gasteiger partial charge in [0.25, 0.3) is 0 Å². The monoisotopic (exact) mass is 284 g/mol. The van der Waals surface area contributed by atoms with Crippen LogP contribution in [0.4, 0.5) is 4.39 Å². The molecule has 2 aromatic rings. The van der Waals surface area contributed by atoms with Crippen LogP contribution in [-0.4, -0.2) is 0 Å². The molecule has 0 amide bonds. The predicted molar refractivity (Wildman–Crippen MR) is 83.3 cm³/mol. The van der Waals surface area contributed by atoms with Gasteiger partial charge in [0.15, 0.2) is 0 Å². The van der Waals surface area contributed by atoms with E-state index in [2.05, 4.69) is 29.7 Å². The summed E-state index contributed by atoms with van der Waals surface area (Å²) in [5, 5.41) is 0. The highest BCUT2D eigenvalue weighted by Gasteiger charge is 2.21. The summed E-state index contributed by atoms with van der Waals surface area (Å²) in [6.45, 7) is 1.92. The summed E-state index contributed by atoms with van der Waals surface area (Å²) >= 11 is 0. The van der Waals surface area contributed by atoms with E-state index in [1.807, 2.05) is 13.0 Å². The fourth-order valence-corrected chi connectivity index (χ4v) is 3.06. The van der Waals surface area contributed by atoms with E-state index in [1.165, 1.54) is 30.9 Å². The van der Waals surface area contributed by atoms with E-state index in [0.29, 0.717) is 5.92 Å². The Kier molecular flexibility index (Phi) is 4.04. The van der Waals surface area contributed by atoms with E-state index in [9.17, 15) is 4.39 Å². The average Bonchev–Trinajstić information content (AvgIpc) is 2.40. The normalized spacial score (nSPS) is 16.5. The first kappa shape index (κ1) is 14.2. The summed E-state index contributed by atoms with van der Waals surface area (Å²) in [6.07, 6.45) is 3.88. The molecule has 1 saturated carbocycles. The molecule has 0 radical (unpaired) electrons. The first-order valence-corrected chi connectivity index (χ1v) is 7.51. The number of hydrogen-bond acceptors (Lipinski definition) is 2. The van der Waals surface area contributed by atoms with Crippen LogP contribution in [-0.2, 0) is 0 Å². The Morgan fingerprint density at radius 2 is 2.00 bits per heavy atom. The maximum Gasteiger partial charge on any atom is 0.123 e. The van der Waals surface area contributed by atoms with Gasteiger partial charge in [0.05, 0.1) is 6.04 Å². The molecular weight excluding hydrogens is 263 g/mol. The van der Waals surface area contributed by atoms with Crippen molar-refractivity contribution in [2.24, 2.45) is 5.84 Å². The molecule has 110 valence electrons. The molecule has 1 fully saturated rings. The number of rotatable bonds is 4. The zero-order valence-electron chi connectivity index (χ0n) is 12.3. The minimum Gasteiger partial charge on any atom is -0.271 e. The van der Waals surface area contributed by atoms with E-state index in [1.54, 1.807) is 6.07 Å². The van der Waals surface area contributed by atoms with Crippen LogP contribution in [0.25, 0.3) is 0 Å². The molecule has 3 rings (SSSR count). The van der Waals surface area contributed by atoms with Gasteiger partial charge in [-0.25, -0.2) is 9.82 Å². The molecule has 0 heterocycles. The van der Waals surface area contributed by atoms with Crippen molar-refractivity contribution >= 4 is 0 Å². The minimum absolute atomic E-state index is 0.106. The fraction of sp³-hybridized carbons (Fsp3) is 0.333. The number of nitrogens with two attached hydrogens (primary N) is 1. The lowest BCUT2D eigenvalue weighted by Gasteiger charge is -2.27. The second-order valence-corrected chi connectivity index (χ2v) is 5.90. The van der Waals surface area contributed by atoms with E-state index >= 15 is 0 Å². The Bertz CT molecular complexity index is 635. The van der Waals surface area contributed by atoms with E-state index in [0.717, 1.165) is 16.7 Å². The lowest BCUT2D eigenvalue weighted by molar-refractivity contribution is 0.419. The van der Waals surface area contributed by atoms with Gasteiger partial charge in [0.2, 0.25) is 0 Å². The quantitative estimate of drug-likeness (QED) is 0.659. The lowest BCUT2D eigenvalue weighted by Crippen LogP contribution is -2.29. The van der Waals surface area contributed by atoms with Crippen molar-refractivity contribution in [1.82, 2.24) is 5.43 Å². The molecular formula is C18H21FN2. The third kappa shape index (κ3) is 2.85. The van der Waals surface area contributed by atoms with Crippen molar-refractivity contribution in [3.05, 3.63) is 70.5 Å². The second kappa shape index (κ2) is 5.96. The minimum atomic E-state index is -0.213. The molecule has 21 heavy (non-hydrogen) atoms. The molecule has 3 N–H and O–H groups in total. The maximum atomic E-state index is 13.3. The van der Waals surface area contributed by atoms with Gasteiger partial charge < -0.3 is 0 Å². The number of hydrazine groups is 1. The number of benzene rings is 2. The van der Waals surface area contributed by atoms with Crippen molar-refractivity contribution in [3.8, 4) is 0 Å². The second-order valence-electron chi connectivity index (χ2n) is 5.90. The SMILES string of the molecule is Cc1cc(F)ccc1C(NN)c1cccc(C2CCC2)c1. The maximum absolute atomic E-state index is 13.3. The first-order chi connectivity index (χ1) is 10.2. The molecule has 0 bridgehead atoms. The van der Waals surface area contributed by atoms with Gasteiger partial charge in [-0.15, -0.1) is 0 Å². The number of nitrogens with one attached hydrogen (secondary N) is 1. The van der Waals surface area contributed by atoms with Gasteiger partial charge in [0, 0.05) is 0 Å². The number of aryl methyl sites for hydroxylation is 1. The highest BCUT2D eigenvalue weighted by atomic mass is 19.1. The van der Waals surface area contributed by atoms with Crippen molar-refractivity contribution in [2.75, 3.05) is 0 Å². The van der Waals surface area contributed by atoms with Gasteiger partial charge in [-0.05, 0) is 60.1 Å². The Labute approximate surface area is 125 Å². The lowest BCUT2D eigenvalue weighted by atomic mass is 9.79. The summed E-state index contributed by atoms with van der Waals surface area (Å²) in [6, 6.07) is 13.3. The van der Waals surface area contributed by atoms with Crippen LogP contribution in [0.5, 0.6) is 0 Å². The smallest absolute Gasteiger partial charge is 0.123 e. The zero-order chi connectivity index (χ0) is 14.8. The van der Waals surface area contributed by atoms with Crippen molar-refractivity contribution in [2.45, 2.75) is 38.1 Å². The highest BCUT2D eigenvalue weighted by molar-refractivity contribution is 5.39. The topological polar surface area (TPSA) is 38.0 Å². The Morgan fingerprint density at radius 1 is 1.19 bits per heavy atom. The van der Waals surface area contributed by atoms with E-state index < -0.39 is 0 Å². The molecule has 1 atom stereocenters. The van der Waals surface area contributed by atoms with Crippen molar-refractivity contribution in [1.29, 1.82) is 0 Å². The van der Waals surface area contributed by atoms with E-state index in [4.69, 9.17) is 5.84 Å². The van der Waals surface area contributed by atoms with Crippen LogP contribution in [0.2, 0.25) is 0 Å². The molecule has 0 aliphatic heterocycles. The van der Waals surface area contributed by atoms with Gasteiger partial charge in [-0.3, -0.25) is 5.84 Å². The molecule has 2 nitrogen and oxygen atoms in total. The summed E-state index contributed by atoms with van der Waals surface area (Å²) in [5.41, 5.74) is 7.33. The number of halogens is 1. The third-order valence-corrected chi connectivity index (χ3v) is 4.53. The molecule has 0 aromatic heterocycles. The van der Waals surface area contributed by atoms with Crippen LogP contribution < -0.4 is 11.3 Å². The summed E-state index contributed by atoms with van der Waals surface area (Å²) in [5.74, 6) is 6.25. The predicted octanol–water partition coefficient (Wildman–Crippen LogP) is 3.95. The Morgan fingerprint density at radius 3 is 2.62 bits per heavy atom. The highest BCUT2D eigenvalue weighted by Crippen LogP contribution is 2.37. The largest absolute Gasteiger partial charge is 0.271 e. The Balaban J connectivity index is 1.95. The average molecular weight is 284 g/mol. The first-order valence-electron chi connectivity index (χ1n) is 7.51. The van der Waals surface area contributed by atoms with Crippen LogP contribution >= 0.6 is 0 Å². The molecule has 1 aliphatic carbocycles. The van der Waals surface area contributed by atoms with Crippen LogP contribution in [0.15, 0.2) is 42.5 Å². The summed E-state index contributed by atoms with van der Waals surface area (Å²) < 4.78 is 13.3. The van der Waals surface area contributed by atoms with Gasteiger partial charge in [0.1, 0.15) is 5.82 Å². The molecule has 2 aromatic carbocycles. The van der Waals surface area contributed by atoms with Gasteiger partial charge in [-0.2, -0.15) is 0 Å². The van der Waals surface area contributed by atoms with Crippen LogP contribution in [0.1, 0.15) is 53.5 Å². The molecule has 0 saturated heterocycles. The number of hydrogen-bond donors (Lipinski definition) is 2. The van der Waals surface area contributed by atoms with Gasteiger partial charge in [-0.1, -0.05) is 36.8 Å². The zero-order valence-corrected chi connectivity index (χ0v) is 12.3. The van der Waals surface area contributed by atoms with Crippen LogP contribution in [0, 0.1) is 12.7 Å². The molecule has 1 unspecified atom stereocenters. The summed E-state index contributed by atoms with van der Waals surface area (Å²) in [4.78, 5) is 0.